The Hall–Kier alpha value is -2.97. The maximum atomic E-state index is 13.9. The number of hydrogen-bond donors (Lipinski definition) is 2. The van der Waals surface area contributed by atoms with Crippen molar-refractivity contribution in [3.8, 4) is 5.75 Å². The van der Waals surface area contributed by atoms with Crippen molar-refractivity contribution in [2.24, 2.45) is 5.92 Å². The monoisotopic (exact) mass is 598 g/mol. The Labute approximate surface area is 238 Å². The molecule has 0 bridgehead atoms. The van der Waals surface area contributed by atoms with Crippen LogP contribution in [-0.2, 0) is 27.4 Å². The normalized spacial score (nSPS) is 22.1. The number of halogens is 3. The van der Waals surface area contributed by atoms with E-state index in [0.717, 1.165) is 44.7 Å². The van der Waals surface area contributed by atoms with Crippen LogP contribution >= 0.6 is 0 Å². The van der Waals surface area contributed by atoms with E-state index in [1.54, 1.807) is 18.2 Å². The summed E-state index contributed by atoms with van der Waals surface area (Å²) in [7, 11) is 1.30. The van der Waals surface area contributed by atoms with Gasteiger partial charge in [0.2, 0.25) is 21.9 Å². The molecule has 2 N–H and O–H groups in total. The van der Waals surface area contributed by atoms with Crippen LogP contribution in [0.15, 0.2) is 24.4 Å². The maximum absolute atomic E-state index is 13.9. The van der Waals surface area contributed by atoms with E-state index >= 15 is 0 Å². The van der Waals surface area contributed by atoms with E-state index in [1.165, 1.54) is 18.5 Å². The summed E-state index contributed by atoms with van der Waals surface area (Å²) in [6.45, 7) is 0.856. The number of likely N-dealkylation sites (N-methyl/N-ethyl adjacent to an activating group) is 1. The minimum Gasteiger partial charge on any atom is -0.494 e. The molecule has 226 valence electrons. The highest BCUT2D eigenvalue weighted by atomic mass is 32.2. The van der Waals surface area contributed by atoms with Crippen molar-refractivity contribution in [2.75, 3.05) is 44.6 Å². The van der Waals surface area contributed by atoms with E-state index in [4.69, 9.17) is 4.74 Å². The number of methoxy groups -OCH3 is 1. The number of sulfonamides is 1. The van der Waals surface area contributed by atoms with Gasteiger partial charge < -0.3 is 15.4 Å². The van der Waals surface area contributed by atoms with Crippen LogP contribution in [0.2, 0.25) is 0 Å². The minimum absolute atomic E-state index is 0.0473. The van der Waals surface area contributed by atoms with Crippen LogP contribution in [0.1, 0.15) is 49.8 Å². The van der Waals surface area contributed by atoms with Crippen LogP contribution in [0.25, 0.3) is 0 Å². The molecule has 0 unspecified atom stereocenters. The number of carbonyl (C=O) groups is 1. The quantitative estimate of drug-likeness (QED) is 0.440. The predicted octanol–water partition coefficient (Wildman–Crippen LogP) is 4.27. The fraction of sp³-hybridized carbons (Fsp3) is 0.593. The molecule has 41 heavy (non-hydrogen) atoms. The average molecular weight is 599 g/mol. The first-order valence-electron chi connectivity index (χ1n) is 13.6. The SMILES string of the molecule is COc1cc(NC(=O)[C@H]2CCCN2C)ccc1Nc1ncc(C(F)(F)F)c(C[C@@H]2CCCC[C@H]2N(C)S(C)(=O)=O)n1. The zero-order valence-corrected chi connectivity index (χ0v) is 24.5. The van der Waals surface area contributed by atoms with Crippen LogP contribution in [0.5, 0.6) is 5.75 Å². The Morgan fingerprint density at radius 1 is 1.20 bits per heavy atom. The number of anilines is 3. The molecule has 1 saturated heterocycles. The highest BCUT2D eigenvalue weighted by Gasteiger charge is 2.38. The van der Waals surface area contributed by atoms with Crippen molar-refractivity contribution >= 4 is 33.3 Å². The number of benzene rings is 1. The lowest BCUT2D eigenvalue weighted by Gasteiger charge is -2.37. The zero-order chi connectivity index (χ0) is 29.9. The van der Waals surface area contributed by atoms with Gasteiger partial charge in [0.1, 0.15) is 5.75 Å². The largest absolute Gasteiger partial charge is 0.494 e. The van der Waals surface area contributed by atoms with Gasteiger partial charge in [0.25, 0.3) is 0 Å². The molecule has 2 aliphatic rings. The highest BCUT2D eigenvalue weighted by Crippen LogP contribution is 2.37. The fourth-order valence-electron chi connectivity index (χ4n) is 5.73. The number of amides is 1. The Morgan fingerprint density at radius 2 is 1.93 bits per heavy atom. The van der Waals surface area contributed by atoms with E-state index in [2.05, 4.69) is 20.6 Å². The van der Waals surface area contributed by atoms with Crippen LogP contribution < -0.4 is 15.4 Å². The summed E-state index contributed by atoms with van der Waals surface area (Å²) in [5.41, 5.74) is -0.222. The van der Waals surface area contributed by atoms with Crippen LogP contribution in [0, 0.1) is 5.92 Å². The van der Waals surface area contributed by atoms with Gasteiger partial charge in [-0.1, -0.05) is 12.8 Å². The van der Waals surface area contributed by atoms with Crippen molar-refractivity contribution in [2.45, 2.75) is 63.2 Å². The fourth-order valence-corrected chi connectivity index (χ4v) is 6.50. The lowest BCUT2D eigenvalue weighted by molar-refractivity contribution is -0.138. The summed E-state index contributed by atoms with van der Waals surface area (Å²) in [4.78, 5) is 22.8. The first-order valence-corrected chi connectivity index (χ1v) is 15.4. The maximum Gasteiger partial charge on any atom is 0.419 e. The number of alkyl halides is 3. The summed E-state index contributed by atoms with van der Waals surface area (Å²) in [6, 6.07) is 4.28. The Kier molecular flexibility index (Phi) is 9.44. The lowest BCUT2D eigenvalue weighted by Crippen LogP contribution is -2.44. The molecule has 2 aromatic rings. The summed E-state index contributed by atoms with van der Waals surface area (Å²) < 4.78 is 73.0. The van der Waals surface area contributed by atoms with Crippen molar-refractivity contribution in [3.05, 3.63) is 35.7 Å². The molecular formula is C27H37F3N6O4S. The van der Waals surface area contributed by atoms with Crippen molar-refractivity contribution in [1.82, 2.24) is 19.2 Å². The molecule has 1 aromatic carbocycles. The molecule has 1 aliphatic carbocycles. The van der Waals surface area contributed by atoms with Gasteiger partial charge in [-0.3, -0.25) is 9.69 Å². The highest BCUT2D eigenvalue weighted by molar-refractivity contribution is 7.88. The van der Waals surface area contributed by atoms with E-state index in [1.807, 2.05) is 11.9 Å². The third-order valence-electron chi connectivity index (χ3n) is 8.03. The van der Waals surface area contributed by atoms with Gasteiger partial charge >= 0.3 is 6.18 Å². The molecule has 1 aliphatic heterocycles. The van der Waals surface area contributed by atoms with Crippen LogP contribution in [0.3, 0.4) is 0 Å². The molecule has 1 saturated carbocycles. The second kappa shape index (κ2) is 12.5. The lowest BCUT2D eigenvalue weighted by atomic mass is 9.81. The zero-order valence-electron chi connectivity index (χ0n) is 23.7. The van der Waals surface area contributed by atoms with Gasteiger partial charge in [-0.25, -0.2) is 22.7 Å². The van der Waals surface area contributed by atoms with Crippen molar-refractivity contribution in [3.63, 3.8) is 0 Å². The average Bonchev–Trinajstić information content (AvgIpc) is 3.34. The first-order chi connectivity index (χ1) is 19.3. The summed E-state index contributed by atoms with van der Waals surface area (Å²) in [5.74, 6) is -0.163. The van der Waals surface area contributed by atoms with E-state index < -0.39 is 27.8 Å². The molecule has 2 fully saturated rings. The summed E-state index contributed by atoms with van der Waals surface area (Å²) in [5, 5.41) is 5.83. The Balaban J connectivity index is 1.57. The van der Waals surface area contributed by atoms with Crippen LogP contribution in [-0.4, -0.2) is 79.6 Å². The number of rotatable bonds is 9. The third kappa shape index (κ3) is 7.46. The molecule has 10 nitrogen and oxygen atoms in total. The van der Waals surface area contributed by atoms with Crippen LogP contribution in [0.4, 0.5) is 30.5 Å². The van der Waals surface area contributed by atoms with Gasteiger partial charge in [0, 0.05) is 31.0 Å². The number of hydrogen-bond acceptors (Lipinski definition) is 8. The molecule has 1 amide bonds. The van der Waals surface area contributed by atoms with Crippen molar-refractivity contribution in [1.29, 1.82) is 0 Å². The molecule has 2 heterocycles. The van der Waals surface area contributed by atoms with Gasteiger partial charge in [0.15, 0.2) is 0 Å². The van der Waals surface area contributed by atoms with E-state index in [0.29, 0.717) is 30.0 Å². The summed E-state index contributed by atoms with van der Waals surface area (Å²) in [6.07, 6.45) is 1.62. The molecule has 4 rings (SSSR count). The molecule has 14 heteroatoms. The molecular weight excluding hydrogens is 561 g/mol. The second-order valence-corrected chi connectivity index (χ2v) is 12.9. The molecule has 0 radical (unpaired) electrons. The minimum atomic E-state index is -4.67. The standard InChI is InChI=1S/C27H37F3N6O4S/c1-35-13-7-10-23(35)25(37)32-18-11-12-20(24(15-18)40-3)33-26-31-16-19(27(28,29)30)21(34-26)14-17-8-5-6-9-22(17)36(2)41(4,38)39/h11-12,15-17,22-23H,5-10,13-14H2,1-4H3,(H,32,37)(H,31,33,34)/t17-,22+,23+/m0/s1. The first kappa shape index (κ1) is 31.0. The number of aromatic nitrogens is 2. The number of ether oxygens (including phenoxy) is 1. The Bertz CT molecular complexity index is 1360. The number of nitrogens with one attached hydrogen (secondary N) is 2. The molecule has 1 aromatic heterocycles. The Morgan fingerprint density at radius 3 is 2.56 bits per heavy atom. The number of nitrogens with zero attached hydrogens (tertiary/aromatic N) is 4. The number of carbonyl (C=O) groups excluding carboxylic acids is 1. The van der Waals surface area contributed by atoms with E-state index in [9.17, 15) is 26.4 Å². The van der Waals surface area contributed by atoms with E-state index in [-0.39, 0.29) is 35.9 Å². The number of likely N-dealkylation sites (tertiary alicyclic amines) is 1. The van der Waals surface area contributed by atoms with Gasteiger partial charge in [-0.15, -0.1) is 0 Å². The van der Waals surface area contributed by atoms with Crippen molar-refractivity contribution < 1.29 is 31.1 Å². The van der Waals surface area contributed by atoms with Gasteiger partial charge in [0.05, 0.1) is 36.4 Å². The topological polar surface area (TPSA) is 117 Å². The second-order valence-electron chi connectivity index (χ2n) is 10.8. The third-order valence-corrected chi connectivity index (χ3v) is 9.34. The summed E-state index contributed by atoms with van der Waals surface area (Å²) >= 11 is 0. The van der Waals surface area contributed by atoms with Gasteiger partial charge in [-0.05, 0) is 63.7 Å². The predicted molar refractivity (Wildman–Crippen MR) is 150 cm³/mol. The smallest absolute Gasteiger partial charge is 0.419 e. The van der Waals surface area contributed by atoms with Gasteiger partial charge in [-0.2, -0.15) is 13.2 Å². The molecule has 0 spiro atoms. The molecule has 3 atom stereocenters.